The number of sulfonamides is 1. The zero-order chi connectivity index (χ0) is 23.7. The molecule has 0 unspecified atom stereocenters. The van der Waals surface area contributed by atoms with Gasteiger partial charge in [0, 0.05) is 29.4 Å². The van der Waals surface area contributed by atoms with E-state index in [9.17, 15) is 26.0 Å². The second kappa shape index (κ2) is 9.26. The van der Waals surface area contributed by atoms with Crippen LogP contribution in [0.25, 0.3) is 10.9 Å². The van der Waals surface area contributed by atoms with E-state index in [0.29, 0.717) is 20.9 Å². The zero-order valence-electron chi connectivity index (χ0n) is 16.6. The van der Waals surface area contributed by atoms with Crippen LogP contribution in [0.4, 0.5) is 10.1 Å². The molecule has 0 atom stereocenters. The van der Waals surface area contributed by atoms with Crippen LogP contribution in [-0.4, -0.2) is 45.8 Å². The van der Waals surface area contributed by atoms with Gasteiger partial charge in [-0.25, -0.2) is 21.2 Å². The Hall–Kier alpha value is -2.34. The number of fused-ring (bicyclic) bond motifs is 1. The van der Waals surface area contributed by atoms with Crippen molar-refractivity contribution in [2.45, 2.75) is 11.8 Å². The average Bonchev–Trinajstić information content (AvgIpc) is 3.12. The summed E-state index contributed by atoms with van der Waals surface area (Å²) in [6.45, 7) is 1.34. The van der Waals surface area contributed by atoms with Crippen molar-refractivity contribution in [1.82, 2.24) is 10.3 Å². The summed E-state index contributed by atoms with van der Waals surface area (Å²) in [6.07, 6.45) is 1.44. The SMILES string of the molecule is CCS(=O)(=O)CCNC(=O)c1ccc(S(=O)(=O)Nc2ccc(Cl)c3c(Cl)c[nH]c23)c(F)c1. The van der Waals surface area contributed by atoms with Gasteiger partial charge in [0.05, 0.1) is 27.0 Å². The Morgan fingerprint density at radius 3 is 2.47 bits per heavy atom. The monoisotopic (exact) mass is 521 g/mol. The molecule has 172 valence electrons. The van der Waals surface area contributed by atoms with Gasteiger partial charge in [0.15, 0.2) is 9.84 Å². The molecule has 0 aliphatic heterocycles. The zero-order valence-corrected chi connectivity index (χ0v) is 19.7. The molecular formula is C19H18Cl2FN3O5S2. The van der Waals surface area contributed by atoms with Gasteiger partial charge in [-0.1, -0.05) is 30.1 Å². The summed E-state index contributed by atoms with van der Waals surface area (Å²) < 4.78 is 65.4. The molecule has 2 aromatic carbocycles. The topological polar surface area (TPSA) is 125 Å². The standard InChI is InChI=1S/C19H18Cl2FN3O5S2/c1-2-31(27,28)8-7-23-19(26)11-3-6-16(14(22)9-11)32(29,30)25-15-5-4-12(20)17-13(21)10-24-18(15)17/h3-6,9-10,24-25H,2,7-8H2,1H3,(H,23,26). The summed E-state index contributed by atoms with van der Waals surface area (Å²) in [4.78, 5) is 14.3. The van der Waals surface area contributed by atoms with Crippen LogP contribution in [0.15, 0.2) is 41.4 Å². The van der Waals surface area contributed by atoms with Crippen molar-refractivity contribution < 1.29 is 26.0 Å². The quantitative estimate of drug-likeness (QED) is 0.417. The van der Waals surface area contributed by atoms with Crippen molar-refractivity contribution in [3.63, 3.8) is 0 Å². The molecule has 0 saturated heterocycles. The summed E-state index contributed by atoms with van der Waals surface area (Å²) in [5.74, 6) is -2.20. The number of aromatic amines is 1. The van der Waals surface area contributed by atoms with Crippen LogP contribution in [0, 0.1) is 5.82 Å². The first-order valence-electron chi connectivity index (χ1n) is 9.21. The fraction of sp³-hybridized carbons (Fsp3) is 0.211. The Bertz CT molecular complexity index is 1410. The number of rotatable bonds is 8. The molecule has 0 radical (unpaired) electrons. The minimum Gasteiger partial charge on any atom is -0.358 e. The van der Waals surface area contributed by atoms with Crippen LogP contribution in [0.1, 0.15) is 17.3 Å². The highest BCUT2D eigenvalue weighted by molar-refractivity contribution is 7.92. The van der Waals surface area contributed by atoms with E-state index in [0.717, 1.165) is 18.2 Å². The summed E-state index contributed by atoms with van der Waals surface area (Å²) in [7, 11) is -7.64. The Kier molecular flexibility index (Phi) is 7.03. The van der Waals surface area contributed by atoms with Crippen LogP contribution < -0.4 is 10.0 Å². The summed E-state index contributed by atoms with van der Waals surface area (Å²) in [6, 6.07) is 5.69. The first-order valence-corrected chi connectivity index (χ1v) is 13.3. The van der Waals surface area contributed by atoms with Crippen molar-refractivity contribution in [1.29, 1.82) is 0 Å². The molecule has 1 amide bonds. The van der Waals surface area contributed by atoms with Gasteiger partial charge in [-0.3, -0.25) is 9.52 Å². The lowest BCUT2D eigenvalue weighted by molar-refractivity contribution is 0.0955. The molecule has 0 saturated carbocycles. The van der Waals surface area contributed by atoms with E-state index >= 15 is 0 Å². The molecule has 3 N–H and O–H groups in total. The number of hydrogen-bond donors (Lipinski definition) is 3. The molecule has 32 heavy (non-hydrogen) atoms. The number of hydrogen-bond acceptors (Lipinski definition) is 5. The number of aromatic nitrogens is 1. The Morgan fingerprint density at radius 1 is 1.09 bits per heavy atom. The van der Waals surface area contributed by atoms with Crippen LogP contribution in [-0.2, 0) is 19.9 Å². The van der Waals surface area contributed by atoms with Crippen LogP contribution >= 0.6 is 23.2 Å². The van der Waals surface area contributed by atoms with Crippen molar-refractivity contribution in [3.8, 4) is 0 Å². The predicted octanol–water partition coefficient (Wildman–Crippen LogP) is 3.58. The van der Waals surface area contributed by atoms with Gasteiger partial charge >= 0.3 is 0 Å². The van der Waals surface area contributed by atoms with E-state index in [1.807, 2.05) is 0 Å². The highest BCUT2D eigenvalue weighted by atomic mass is 35.5. The number of H-pyrrole nitrogens is 1. The Morgan fingerprint density at radius 2 is 1.81 bits per heavy atom. The number of amides is 1. The second-order valence-corrected chi connectivity index (χ2v) is 11.7. The maximum absolute atomic E-state index is 14.6. The fourth-order valence-electron chi connectivity index (χ4n) is 2.88. The molecular weight excluding hydrogens is 504 g/mol. The minimum absolute atomic E-state index is 0.0638. The second-order valence-electron chi connectivity index (χ2n) is 6.72. The number of carbonyl (C=O) groups is 1. The Balaban J connectivity index is 1.81. The number of carbonyl (C=O) groups excluding carboxylic acids is 1. The van der Waals surface area contributed by atoms with Gasteiger partial charge < -0.3 is 10.3 Å². The lowest BCUT2D eigenvalue weighted by Gasteiger charge is -2.12. The van der Waals surface area contributed by atoms with E-state index in [-0.39, 0.29) is 29.3 Å². The number of anilines is 1. The normalized spacial score (nSPS) is 12.1. The maximum Gasteiger partial charge on any atom is 0.264 e. The maximum atomic E-state index is 14.6. The first-order chi connectivity index (χ1) is 14.9. The summed E-state index contributed by atoms with van der Waals surface area (Å²) in [5, 5.41) is 3.37. The molecule has 0 aliphatic rings. The van der Waals surface area contributed by atoms with E-state index in [1.165, 1.54) is 25.3 Å². The van der Waals surface area contributed by atoms with Gasteiger partial charge in [0.2, 0.25) is 0 Å². The molecule has 8 nitrogen and oxygen atoms in total. The number of nitrogens with one attached hydrogen (secondary N) is 3. The van der Waals surface area contributed by atoms with Crippen molar-refractivity contribution in [3.05, 3.63) is 58.0 Å². The molecule has 0 aliphatic carbocycles. The molecule has 13 heteroatoms. The van der Waals surface area contributed by atoms with Crippen LogP contribution in [0.2, 0.25) is 10.0 Å². The van der Waals surface area contributed by atoms with Gasteiger partial charge in [-0.2, -0.15) is 0 Å². The average molecular weight is 522 g/mol. The molecule has 3 rings (SSSR count). The molecule has 1 aromatic heterocycles. The Labute approximate surface area is 194 Å². The smallest absolute Gasteiger partial charge is 0.264 e. The van der Waals surface area contributed by atoms with E-state index in [2.05, 4.69) is 15.0 Å². The molecule has 1 heterocycles. The van der Waals surface area contributed by atoms with Gasteiger partial charge in [0.1, 0.15) is 10.7 Å². The van der Waals surface area contributed by atoms with Crippen molar-refractivity contribution in [2.75, 3.05) is 22.8 Å². The third-order valence-corrected chi connectivity index (χ3v) is 8.32. The highest BCUT2D eigenvalue weighted by Crippen LogP contribution is 2.35. The van der Waals surface area contributed by atoms with Gasteiger partial charge in [-0.15, -0.1) is 0 Å². The summed E-state index contributed by atoms with van der Waals surface area (Å²) >= 11 is 12.1. The minimum atomic E-state index is -4.36. The van der Waals surface area contributed by atoms with Gasteiger partial charge in [-0.05, 0) is 30.3 Å². The van der Waals surface area contributed by atoms with Crippen LogP contribution in [0.3, 0.4) is 0 Å². The predicted molar refractivity (Wildman–Crippen MR) is 122 cm³/mol. The number of benzene rings is 2. The molecule has 0 bridgehead atoms. The fourth-order valence-corrected chi connectivity index (χ4v) is 5.27. The van der Waals surface area contributed by atoms with Crippen LogP contribution in [0.5, 0.6) is 0 Å². The highest BCUT2D eigenvalue weighted by Gasteiger charge is 2.23. The van der Waals surface area contributed by atoms with Crippen molar-refractivity contribution >= 4 is 65.6 Å². The lowest BCUT2D eigenvalue weighted by Crippen LogP contribution is -2.29. The molecule has 0 fully saturated rings. The number of sulfone groups is 1. The molecule has 3 aromatic rings. The number of halogens is 3. The third kappa shape index (κ3) is 5.17. The van der Waals surface area contributed by atoms with Gasteiger partial charge in [0.25, 0.3) is 15.9 Å². The third-order valence-electron chi connectivity index (χ3n) is 4.60. The lowest BCUT2D eigenvalue weighted by atomic mass is 10.2. The largest absolute Gasteiger partial charge is 0.358 e. The van der Waals surface area contributed by atoms with Crippen molar-refractivity contribution in [2.24, 2.45) is 0 Å². The molecule has 0 spiro atoms. The summed E-state index contributed by atoms with van der Waals surface area (Å²) in [5.41, 5.74) is 0.277. The first kappa shape index (κ1) is 24.3. The van der Waals surface area contributed by atoms with E-state index in [1.54, 1.807) is 0 Å². The van der Waals surface area contributed by atoms with E-state index in [4.69, 9.17) is 23.2 Å². The van der Waals surface area contributed by atoms with E-state index < -0.39 is 36.5 Å².